The molecule has 0 saturated heterocycles. The number of hydrogen-bond acceptors (Lipinski definition) is 2. The van der Waals surface area contributed by atoms with Gasteiger partial charge in [0.15, 0.2) is 0 Å². The van der Waals surface area contributed by atoms with Crippen molar-refractivity contribution in [1.82, 2.24) is 0 Å². The van der Waals surface area contributed by atoms with Crippen molar-refractivity contribution in [2.24, 2.45) is 5.41 Å². The van der Waals surface area contributed by atoms with Crippen molar-refractivity contribution in [2.45, 2.75) is 20.3 Å². The fourth-order valence-corrected chi connectivity index (χ4v) is 1.82. The second kappa shape index (κ2) is 5.89. The van der Waals surface area contributed by atoms with Crippen LogP contribution >= 0.6 is 27.5 Å². The van der Waals surface area contributed by atoms with Crippen LogP contribution in [0.3, 0.4) is 0 Å². The van der Waals surface area contributed by atoms with E-state index < -0.39 is 0 Å². The Morgan fingerprint density at radius 1 is 1.50 bits per heavy atom. The molecule has 0 amide bonds. The Balaban J connectivity index is 2.71. The summed E-state index contributed by atoms with van der Waals surface area (Å²) in [5, 5.41) is 13.3. The number of anilines is 1. The topological polar surface area (TPSA) is 32.3 Å². The predicted octanol–water partition coefficient (Wildman–Crippen LogP) is 3.92. The molecule has 1 aromatic rings. The first-order valence-electron chi connectivity index (χ1n) is 5.31. The van der Waals surface area contributed by atoms with Gasteiger partial charge in [0.1, 0.15) is 0 Å². The maximum absolute atomic E-state index is 9.31. The van der Waals surface area contributed by atoms with Crippen molar-refractivity contribution in [3.63, 3.8) is 0 Å². The third kappa shape index (κ3) is 3.37. The van der Waals surface area contributed by atoms with Crippen molar-refractivity contribution in [3.8, 4) is 0 Å². The lowest BCUT2D eigenvalue weighted by Gasteiger charge is -2.26. The fourth-order valence-electron chi connectivity index (χ4n) is 1.24. The van der Waals surface area contributed by atoms with Crippen molar-refractivity contribution in [1.29, 1.82) is 0 Å². The number of rotatable bonds is 5. The van der Waals surface area contributed by atoms with E-state index in [2.05, 4.69) is 35.1 Å². The number of halogens is 2. The maximum Gasteiger partial charge on any atom is 0.0593 e. The van der Waals surface area contributed by atoms with Gasteiger partial charge in [-0.3, -0.25) is 0 Å². The largest absolute Gasteiger partial charge is 0.396 e. The predicted molar refractivity (Wildman–Crippen MR) is 73.1 cm³/mol. The van der Waals surface area contributed by atoms with Gasteiger partial charge in [-0.15, -0.1) is 0 Å². The molecule has 0 radical (unpaired) electrons. The zero-order valence-electron chi connectivity index (χ0n) is 9.56. The van der Waals surface area contributed by atoms with E-state index in [9.17, 15) is 5.11 Å². The molecule has 1 unspecified atom stereocenters. The molecular weight excluding hydrogens is 289 g/mol. The average molecular weight is 307 g/mol. The number of benzene rings is 1. The first-order chi connectivity index (χ1) is 7.52. The van der Waals surface area contributed by atoms with Crippen LogP contribution in [0.15, 0.2) is 22.7 Å². The van der Waals surface area contributed by atoms with Gasteiger partial charge in [0.05, 0.1) is 16.1 Å². The minimum absolute atomic E-state index is 0.0955. The summed E-state index contributed by atoms with van der Waals surface area (Å²) >= 11 is 9.43. The molecule has 0 aromatic heterocycles. The molecule has 0 heterocycles. The van der Waals surface area contributed by atoms with Crippen LogP contribution in [-0.4, -0.2) is 18.3 Å². The van der Waals surface area contributed by atoms with Gasteiger partial charge in [0.25, 0.3) is 0 Å². The average Bonchev–Trinajstić information content (AvgIpc) is 2.31. The zero-order chi connectivity index (χ0) is 12.2. The van der Waals surface area contributed by atoms with Crippen LogP contribution < -0.4 is 5.32 Å². The molecule has 0 saturated carbocycles. The SMILES string of the molecule is CCC(C)(CO)CNc1cccc(Cl)c1Br. The van der Waals surface area contributed by atoms with E-state index in [1.807, 2.05) is 18.2 Å². The van der Waals surface area contributed by atoms with E-state index >= 15 is 0 Å². The molecule has 1 atom stereocenters. The zero-order valence-corrected chi connectivity index (χ0v) is 11.9. The van der Waals surface area contributed by atoms with Gasteiger partial charge in [0, 0.05) is 17.6 Å². The monoisotopic (exact) mass is 305 g/mol. The fraction of sp³-hybridized carbons (Fsp3) is 0.500. The number of aliphatic hydroxyl groups is 1. The summed E-state index contributed by atoms with van der Waals surface area (Å²) in [6.45, 7) is 5.02. The molecule has 0 aliphatic rings. The van der Waals surface area contributed by atoms with E-state index in [-0.39, 0.29) is 12.0 Å². The van der Waals surface area contributed by atoms with Crippen molar-refractivity contribution < 1.29 is 5.11 Å². The highest BCUT2D eigenvalue weighted by molar-refractivity contribution is 9.10. The maximum atomic E-state index is 9.31. The molecule has 0 fully saturated rings. The normalized spacial score (nSPS) is 14.6. The standard InChI is InChI=1S/C12H17BrClNO/c1-3-12(2,8-16)7-15-10-6-4-5-9(14)11(10)13/h4-6,15-16H,3,7-8H2,1-2H3. The van der Waals surface area contributed by atoms with E-state index in [0.717, 1.165) is 23.1 Å². The Labute approximate surface area is 110 Å². The van der Waals surface area contributed by atoms with E-state index in [4.69, 9.17) is 11.6 Å². The van der Waals surface area contributed by atoms with E-state index in [1.165, 1.54) is 0 Å². The molecular formula is C12H17BrClNO. The highest BCUT2D eigenvalue weighted by Crippen LogP contribution is 2.31. The molecule has 2 N–H and O–H groups in total. The van der Waals surface area contributed by atoms with Crippen LogP contribution in [-0.2, 0) is 0 Å². The third-order valence-electron chi connectivity index (χ3n) is 2.89. The van der Waals surface area contributed by atoms with Crippen LogP contribution in [0.4, 0.5) is 5.69 Å². The van der Waals surface area contributed by atoms with Gasteiger partial charge in [0.2, 0.25) is 0 Å². The van der Waals surface area contributed by atoms with Crippen LogP contribution in [0, 0.1) is 5.41 Å². The Morgan fingerprint density at radius 3 is 2.75 bits per heavy atom. The lowest BCUT2D eigenvalue weighted by Crippen LogP contribution is -2.29. The molecule has 0 bridgehead atoms. The highest BCUT2D eigenvalue weighted by atomic mass is 79.9. The molecule has 90 valence electrons. The number of aliphatic hydroxyl groups excluding tert-OH is 1. The summed E-state index contributed by atoms with van der Waals surface area (Å²) in [7, 11) is 0. The highest BCUT2D eigenvalue weighted by Gasteiger charge is 2.20. The van der Waals surface area contributed by atoms with Gasteiger partial charge < -0.3 is 10.4 Å². The van der Waals surface area contributed by atoms with Crippen molar-refractivity contribution in [3.05, 3.63) is 27.7 Å². The summed E-state index contributed by atoms with van der Waals surface area (Å²) in [5.74, 6) is 0. The van der Waals surface area contributed by atoms with Crippen LogP contribution in [0.25, 0.3) is 0 Å². The second-order valence-corrected chi connectivity index (χ2v) is 5.48. The molecule has 4 heteroatoms. The van der Waals surface area contributed by atoms with Gasteiger partial charge in [-0.2, -0.15) is 0 Å². The Morgan fingerprint density at radius 2 is 2.19 bits per heavy atom. The molecule has 0 aliphatic carbocycles. The molecule has 0 spiro atoms. The Bertz CT molecular complexity index is 353. The summed E-state index contributed by atoms with van der Waals surface area (Å²) in [6.07, 6.45) is 0.925. The minimum atomic E-state index is -0.0955. The molecule has 1 rings (SSSR count). The molecule has 0 aliphatic heterocycles. The summed E-state index contributed by atoms with van der Waals surface area (Å²) in [5.41, 5.74) is 0.863. The molecule has 16 heavy (non-hydrogen) atoms. The van der Waals surface area contributed by atoms with Gasteiger partial charge >= 0.3 is 0 Å². The van der Waals surface area contributed by atoms with Gasteiger partial charge in [-0.1, -0.05) is 31.5 Å². The first-order valence-corrected chi connectivity index (χ1v) is 6.48. The van der Waals surface area contributed by atoms with Crippen molar-refractivity contribution in [2.75, 3.05) is 18.5 Å². The third-order valence-corrected chi connectivity index (χ3v) is 4.29. The Kier molecular flexibility index (Phi) is 5.09. The summed E-state index contributed by atoms with van der Waals surface area (Å²) in [6, 6.07) is 5.70. The van der Waals surface area contributed by atoms with Crippen LogP contribution in [0.2, 0.25) is 5.02 Å². The lowest BCUT2D eigenvalue weighted by molar-refractivity contribution is 0.149. The van der Waals surface area contributed by atoms with Crippen molar-refractivity contribution >= 4 is 33.2 Å². The first kappa shape index (κ1) is 13.8. The van der Waals surface area contributed by atoms with Gasteiger partial charge in [-0.05, 0) is 34.5 Å². The van der Waals surface area contributed by atoms with E-state index in [1.54, 1.807) is 0 Å². The second-order valence-electron chi connectivity index (χ2n) is 4.28. The lowest BCUT2D eigenvalue weighted by atomic mass is 9.88. The van der Waals surface area contributed by atoms with Crippen LogP contribution in [0.1, 0.15) is 20.3 Å². The summed E-state index contributed by atoms with van der Waals surface area (Å²) < 4.78 is 0.869. The quantitative estimate of drug-likeness (QED) is 0.864. The smallest absolute Gasteiger partial charge is 0.0593 e. The van der Waals surface area contributed by atoms with Crippen LogP contribution in [0.5, 0.6) is 0 Å². The number of nitrogens with one attached hydrogen (secondary N) is 1. The molecule has 2 nitrogen and oxygen atoms in total. The Hall–Kier alpha value is -0.250. The summed E-state index contributed by atoms with van der Waals surface area (Å²) in [4.78, 5) is 0. The van der Waals surface area contributed by atoms with E-state index in [0.29, 0.717) is 5.02 Å². The minimum Gasteiger partial charge on any atom is -0.396 e. The molecule has 1 aromatic carbocycles. The number of hydrogen-bond donors (Lipinski definition) is 2. The van der Waals surface area contributed by atoms with Gasteiger partial charge in [-0.25, -0.2) is 0 Å².